The van der Waals surface area contributed by atoms with Crippen LogP contribution in [0.15, 0.2) is 69.9 Å². The quantitative estimate of drug-likeness (QED) is 0.328. The van der Waals surface area contributed by atoms with Crippen molar-refractivity contribution in [2.75, 3.05) is 6.61 Å². The Morgan fingerprint density at radius 1 is 1.00 bits per heavy atom. The Morgan fingerprint density at radius 2 is 1.77 bits per heavy atom. The van der Waals surface area contributed by atoms with Crippen LogP contribution in [-0.2, 0) is 10.2 Å². The van der Waals surface area contributed by atoms with Crippen molar-refractivity contribution < 1.29 is 13.9 Å². The molecule has 5 nitrogen and oxygen atoms in total. The summed E-state index contributed by atoms with van der Waals surface area (Å²) < 4.78 is 12.0. The van der Waals surface area contributed by atoms with E-state index in [9.17, 15) is 14.9 Å². The van der Waals surface area contributed by atoms with Crippen LogP contribution >= 0.6 is 0 Å². The van der Waals surface area contributed by atoms with E-state index in [0.29, 0.717) is 23.5 Å². The Hall–Kier alpha value is -3.65. The maximum absolute atomic E-state index is 13.1. The summed E-state index contributed by atoms with van der Waals surface area (Å²) in [5.74, 6) is 2.14. The number of fused-ring (bicyclic) bond motifs is 3. The smallest absolute Gasteiger partial charge is 0.193 e. The number of carbonyl (C=O) groups excluding carboxylic acids is 1. The summed E-state index contributed by atoms with van der Waals surface area (Å²) in [6, 6.07) is 12.9. The van der Waals surface area contributed by atoms with Crippen LogP contribution in [0.4, 0.5) is 0 Å². The Bertz CT molecular complexity index is 1390. The number of hydrogen-bond donors (Lipinski definition) is 0. The van der Waals surface area contributed by atoms with Crippen molar-refractivity contribution in [3.8, 4) is 11.8 Å². The normalized spacial score (nSPS) is 15.6. The standard InChI is InChI=1S/C30H31NO4/c1-20(2)5-4-6-21(3)13-16-34-24-8-9-25-22(17-24)7-10-27-29(25)26(33)18-28(35-27)30(19-31)14-11-23(32)12-15-30/h7-12,14-15,17-18,20-21H,4-6,13,16H2,1-3H3. The molecule has 0 spiro atoms. The molecule has 180 valence electrons. The van der Waals surface area contributed by atoms with Gasteiger partial charge < -0.3 is 9.15 Å². The molecule has 0 amide bonds. The van der Waals surface area contributed by atoms with Gasteiger partial charge in [-0.1, -0.05) is 46.1 Å². The van der Waals surface area contributed by atoms with E-state index >= 15 is 0 Å². The second-order valence-electron chi connectivity index (χ2n) is 9.91. The number of ketones is 1. The lowest BCUT2D eigenvalue weighted by atomic mass is 9.82. The van der Waals surface area contributed by atoms with Gasteiger partial charge in [0.1, 0.15) is 17.1 Å². The fourth-order valence-electron chi connectivity index (χ4n) is 4.49. The average molecular weight is 470 g/mol. The average Bonchev–Trinajstić information content (AvgIpc) is 2.84. The van der Waals surface area contributed by atoms with Crippen LogP contribution in [0.3, 0.4) is 0 Å². The summed E-state index contributed by atoms with van der Waals surface area (Å²) in [4.78, 5) is 24.7. The highest BCUT2D eigenvalue weighted by molar-refractivity contribution is 6.06. The molecule has 1 heterocycles. The Balaban J connectivity index is 1.54. The lowest BCUT2D eigenvalue weighted by Crippen LogP contribution is -2.23. The predicted octanol–water partition coefficient (Wildman–Crippen LogP) is 6.63. The van der Waals surface area contributed by atoms with Crippen LogP contribution in [0.2, 0.25) is 0 Å². The van der Waals surface area contributed by atoms with Crippen LogP contribution in [-0.4, -0.2) is 12.4 Å². The van der Waals surface area contributed by atoms with Gasteiger partial charge in [0.15, 0.2) is 16.6 Å². The fraction of sp³-hybridized carbons (Fsp3) is 0.367. The predicted molar refractivity (Wildman–Crippen MR) is 139 cm³/mol. The van der Waals surface area contributed by atoms with Gasteiger partial charge in [-0.3, -0.25) is 9.59 Å². The van der Waals surface area contributed by atoms with Crippen LogP contribution in [0.25, 0.3) is 21.7 Å². The minimum Gasteiger partial charge on any atom is -0.494 e. The number of carbonyl (C=O) groups is 1. The van der Waals surface area contributed by atoms with Gasteiger partial charge in [-0.2, -0.15) is 5.26 Å². The zero-order valence-corrected chi connectivity index (χ0v) is 20.5. The van der Waals surface area contributed by atoms with Gasteiger partial charge >= 0.3 is 0 Å². The molecule has 0 saturated carbocycles. The highest BCUT2D eigenvalue weighted by Crippen LogP contribution is 2.33. The Labute approximate surface area is 205 Å². The summed E-state index contributed by atoms with van der Waals surface area (Å²) in [5.41, 5.74) is -1.11. The molecule has 0 saturated heterocycles. The molecule has 0 aliphatic heterocycles. The second-order valence-corrected chi connectivity index (χ2v) is 9.91. The van der Waals surface area contributed by atoms with Crippen LogP contribution in [0, 0.1) is 23.2 Å². The highest BCUT2D eigenvalue weighted by Gasteiger charge is 2.32. The monoisotopic (exact) mass is 469 g/mol. The molecule has 2 aromatic carbocycles. The molecule has 4 rings (SSSR count). The van der Waals surface area contributed by atoms with Crippen molar-refractivity contribution in [1.82, 2.24) is 0 Å². The van der Waals surface area contributed by atoms with E-state index in [2.05, 4.69) is 26.8 Å². The SMILES string of the molecule is CC(C)CCCC(C)CCOc1ccc2c(ccc3oc(C4(C#N)C=CC(=O)C=C4)cc(=O)c32)c1. The van der Waals surface area contributed by atoms with Gasteiger partial charge in [0.05, 0.1) is 18.1 Å². The zero-order chi connectivity index (χ0) is 25.0. The molecule has 1 aliphatic carbocycles. The summed E-state index contributed by atoms with van der Waals surface area (Å²) in [6.45, 7) is 7.46. The van der Waals surface area contributed by atoms with Crippen molar-refractivity contribution in [2.24, 2.45) is 11.8 Å². The molecule has 3 aromatic rings. The molecule has 5 heteroatoms. The van der Waals surface area contributed by atoms with Crippen molar-refractivity contribution in [3.63, 3.8) is 0 Å². The van der Waals surface area contributed by atoms with Crippen molar-refractivity contribution >= 4 is 27.5 Å². The number of benzene rings is 2. The number of allylic oxidation sites excluding steroid dienone is 4. The number of nitrogens with zero attached hydrogens (tertiary/aromatic N) is 1. The minimum absolute atomic E-state index is 0.194. The molecule has 0 N–H and O–H groups in total. The topological polar surface area (TPSA) is 80.3 Å². The third-order valence-corrected chi connectivity index (χ3v) is 6.65. The first-order valence-electron chi connectivity index (χ1n) is 12.3. The van der Waals surface area contributed by atoms with E-state index in [0.717, 1.165) is 28.9 Å². The van der Waals surface area contributed by atoms with Gasteiger partial charge in [-0.25, -0.2) is 0 Å². The molecule has 1 unspecified atom stereocenters. The number of rotatable bonds is 9. The van der Waals surface area contributed by atoms with Gasteiger partial charge in [0.25, 0.3) is 0 Å². The Morgan fingerprint density at radius 3 is 2.49 bits per heavy atom. The summed E-state index contributed by atoms with van der Waals surface area (Å²) in [5, 5.41) is 11.9. The first kappa shape index (κ1) is 24.5. The molecule has 0 radical (unpaired) electrons. The van der Waals surface area contributed by atoms with Crippen molar-refractivity contribution in [3.05, 3.63) is 76.7 Å². The molecule has 0 bridgehead atoms. The van der Waals surface area contributed by atoms with E-state index in [1.54, 1.807) is 6.07 Å². The summed E-state index contributed by atoms with van der Waals surface area (Å²) in [7, 11) is 0. The number of ether oxygens (including phenoxy) is 1. The first-order chi connectivity index (χ1) is 16.8. The van der Waals surface area contributed by atoms with E-state index in [-0.39, 0.29) is 17.0 Å². The number of nitriles is 1. The summed E-state index contributed by atoms with van der Waals surface area (Å²) in [6.07, 6.45) is 10.3. The molecule has 35 heavy (non-hydrogen) atoms. The molecule has 1 atom stereocenters. The zero-order valence-electron chi connectivity index (χ0n) is 20.5. The third-order valence-electron chi connectivity index (χ3n) is 6.65. The number of hydrogen-bond acceptors (Lipinski definition) is 5. The van der Waals surface area contributed by atoms with Gasteiger partial charge in [0.2, 0.25) is 0 Å². The maximum atomic E-state index is 13.1. The lowest BCUT2D eigenvalue weighted by molar-refractivity contribution is -0.110. The van der Waals surface area contributed by atoms with E-state index < -0.39 is 5.41 Å². The fourth-order valence-corrected chi connectivity index (χ4v) is 4.49. The first-order valence-corrected chi connectivity index (χ1v) is 12.3. The maximum Gasteiger partial charge on any atom is 0.193 e. The second kappa shape index (κ2) is 10.3. The van der Waals surface area contributed by atoms with Crippen molar-refractivity contribution in [2.45, 2.75) is 51.9 Å². The largest absolute Gasteiger partial charge is 0.494 e. The van der Waals surface area contributed by atoms with Crippen LogP contribution in [0.5, 0.6) is 5.75 Å². The highest BCUT2D eigenvalue weighted by atomic mass is 16.5. The van der Waals surface area contributed by atoms with Crippen LogP contribution in [0.1, 0.15) is 52.2 Å². The molecular weight excluding hydrogens is 438 g/mol. The van der Waals surface area contributed by atoms with Gasteiger partial charge in [-0.15, -0.1) is 0 Å². The van der Waals surface area contributed by atoms with E-state index in [1.807, 2.05) is 24.3 Å². The summed E-state index contributed by atoms with van der Waals surface area (Å²) >= 11 is 0. The molecule has 1 aliphatic rings. The molecular formula is C30H31NO4. The third kappa shape index (κ3) is 5.38. The minimum atomic E-state index is -1.28. The van der Waals surface area contributed by atoms with Crippen molar-refractivity contribution in [1.29, 1.82) is 5.26 Å². The molecule has 0 fully saturated rings. The van der Waals surface area contributed by atoms with Gasteiger partial charge in [-0.05, 0) is 77.6 Å². The van der Waals surface area contributed by atoms with Crippen LogP contribution < -0.4 is 10.2 Å². The Kier molecular flexibility index (Phi) is 7.21. The molecule has 1 aromatic heterocycles. The lowest BCUT2D eigenvalue weighted by Gasteiger charge is -2.20. The van der Waals surface area contributed by atoms with E-state index in [1.165, 1.54) is 49.6 Å². The van der Waals surface area contributed by atoms with E-state index in [4.69, 9.17) is 9.15 Å². The van der Waals surface area contributed by atoms with Gasteiger partial charge in [0, 0.05) is 6.07 Å².